The summed E-state index contributed by atoms with van der Waals surface area (Å²) in [6, 6.07) is 0. The topological polar surface area (TPSA) is 12.5 Å². The molecule has 3 heteroatoms. The highest BCUT2D eigenvalue weighted by Gasteiger charge is 2.21. The molecule has 0 saturated carbocycles. The second kappa shape index (κ2) is 7.49. The van der Waals surface area contributed by atoms with Gasteiger partial charge >= 0.3 is 0 Å². The van der Waals surface area contributed by atoms with E-state index in [1.807, 2.05) is 0 Å². The minimum Gasteiger partial charge on any atom is -0.380 e. The Balaban J connectivity index is 3.48. The van der Waals surface area contributed by atoms with Crippen LogP contribution in [0.1, 0.15) is 33.6 Å². The Bertz CT molecular complexity index is 139. The van der Waals surface area contributed by atoms with E-state index < -0.39 is 0 Å². The summed E-state index contributed by atoms with van der Waals surface area (Å²) in [4.78, 5) is 2.24. The molecule has 0 unspecified atom stereocenters. The van der Waals surface area contributed by atoms with Gasteiger partial charge < -0.3 is 4.74 Å². The van der Waals surface area contributed by atoms with Gasteiger partial charge in [-0.15, -0.1) is 11.6 Å². The smallest absolute Gasteiger partial charge is 0.0593 e. The van der Waals surface area contributed by atoms with Gasteiger partial charge in [0, 0.05) is 24.6 Å². The van der Waals surface area contributed by atoms with Crippen molar-refractivity contribution in [3.8, 4) is 0 Å². The first kappa shape index (κ1) is 14.2. The van der Waals surface area contributed by atoms with E-state index >= 15 is 0 Å². The van der Waals surface area contributed by atoms with Crippen molar-refractivity contribution in [2.24, 2.45) is 0 Å². The fourth-order valence-corrected chi connectivity index (χ4v) is 1.16. The van der Waals surface area contributed by atoms with Gasteiger partial charge in [0.2, 0.25) is 0 Å². The van der Waals surface area contributed by atoms with Gasteiger partial charge in [0.25, 0.3) is 0 Å². The van der Waals surface area contributed by atoms with E-state index in [4.69, 9.17) is 16.3 Å². The van der Waals surface area contributed by atoms with Crippen LogP contribution in [0.25, 0.3) is 0 Å². The molecule has 0 aromatic rings. The van der Waals surface area contributed by atoms with E-state index in [2.05, 4.69) is 32.7 Å². The average Bonchev–Trinajstić information content (AvgIpc) is 2.17. The summed E-state index contributed by atoms with van der Waals surface area (Å²) in [6.45, 7) is 9.09. The fraction of sp³-hybridized carbons (Fsp3) is 1.00. The Morgan fingerprint density at radius 2 is 1.93 bits per heavy atom. The van der Waals surface area contributed by atoms with Crippen LogP contribution < -0.4 is 0 Å². The van der Waals surface area contributed by atoms with Gasteiger partial charge in [0.05, 0.1) is 6.61 Å². The lowest BCUT2D eigenvalue weighted by Crippen LogP contribution is -2.44. The lowest BCUT2D eigenvalue weighted by Gasteiger charge is -2.33. The normalized spacial score (nSPS) is 12.4. The zero-order chi connectivity index (χ0) is 11.0. The number of likely N-dealkylation sites (N-methyl/N-ethyl adjacent to an activating group) is 1. The molecular weight excluding hydrogens is 198 g/mol. The minimum atomic E-state index is 0.0652. The zero-order valence-electron chi connectivity index (χ0n) is 9.98. The number of hydrogen-bond donors (Lipinski definition) is 0. The average molecular weight is 222 g/mol. The Morgan fingerprint density at radius 1 is 1.29 bits per heavy atom. The maximum atomic E-state index is 5.87. The molecule has 0 saturated heterocycles. The van der Waals surface area contributed by atoms with Crippen LogP contribution in [0.3, 0.4) is 0 Å². The Hall–Kier alpha value is 0.210. The van der Waals surface area contributed by atoms with Gasteiger partial charge in [0.15, 0.2) is 0 Å². The van der Waals surface area contributed by atoms with E-state index in [1.54, 1.807) is 0 Å². The molecule has 2 nitrogen and oxygen atoms in total. The van der Waals surface area contributed by atoms with Gasteiger partial charge in [0.1, 0.15) is 0 Å². The molecule has 0 bridgehead atoms. The van der Waals surface area contributed by atoms with Crippen LogP contribution in [0.15, 0.2) is 0 Å². The maximum Gasteiger partial charge on any atom is 0.0593 e. The standard InChI is InChI=1S/C11H24ClNO/c1-5-6-8-14-9-7-13(4)11(2,3)10-12/h5-10H2,1-4H3. The molecule has 0 aromatic carbocycles. The van der Waals surface area contributed by atoms with Crippen LogP contribution in [0.2, 0.25) is 0 Å². The van der Waals surface area contributed by atoms with E-state index in [0.29, 0.717) is 5.88 Å². The van der Waals surface area contributed by atoms with Crippen LogP contribution in [-0.4, -0.2) is 43.1 Å². The van der Waals surface area contributed by atoms with Gasteiger partial charge in [-0.1, -0.05) is 13.3 Å². The summed E-state index contributed by atoms with van der Waals surface area (Å²) >= 11 is 5.87. The van der Waals surface area contributed by atoms with Gasteiger partial charge in [-0.05, 0) is 27.3 Å². The summed E-state index contributed by atoms with van der Waals surface area (Å²) < 4.78 is 5.50. The lowest BCUT2D eigenvalue weighted by atomic mass is 10.1. The van der Waals surface area contributed by atoms with Crippen molar-refractivity contribution in [3.63, 3.8) is 0 Å². The van der Waals surface area contributed by atoms with E-state index in [-0.39, 0.29) is 5.54 Å². The molecule has 0 atom stereocenters. The number of nitrogens with zero attached hydrogens (tertiary/aromatic N) is 1. The van der Waals surface area contributed by atoms with Gasteiger partial charge in [-0.3, -0.25) is 4.90 Å². The molecule has 0 heterocycles. The van der Waals surface area contributed by atoms with Crippen LogP contribution in [-0.2, 0) is 4.74 Å². The fourth-order valence-electron chi connectivity index (χ4n) is 0.955. The van der Waals surface area contributed by atoms with Crippen molar-refractivity contribution < 1.29 is 4.74 Å². The van der Waals surface area contributed by atoms with Crippen LogP contribution in [0.5, 0.6) is 0 Å². The van der Waals surface area contributed by atoms with Crippen LogP contribution in [0, 0.1) is 0 Å². The largest absolute Gasteiger partial charge is 0.380 e. The molecule has 14 heavy (non-hydrogen) atoms. The number of hydrogen-bond acceptors (Lipinski definition) is 2. The first-order valence-corrected chi connectivity index (χ1v) is 5.93. The molecule has 0 aromatic heterocycles. The highest BCUT2D eigenvalue weighted by Crippen LogP contribution is 2.13. The molecule has 0 rings (SSSR count). The van der Waals surface area contributed by atoms with Crippen molar-refractivity contribution in [1.29, 1.82) is 0 Å². The lowest BCUT2D eigenvalue weighted by molar-refractivity contribution is 0.0805. The second-order valence-electron chi connectivity index (χ2n) is 4.33. The number of alkyl halides is 1. The molecular formula is C11H24ClNO. The van der Waals surface area contributed by atoms with Crippen molar-refractivity contribution in [2.45, 2.75) is 39.2 Å². The molecule has 0 fully saturated rings. The second-order valence-corrected chi connectivity index (χ2v) is 4.60. The van der Waals surface area contributed by atoms with E-state index in [9.17, 15) is 0 Å². The van der Waals surface area contributed by atoms with Crippen molar-refractivity contribution in [3.05, 3.63) is 0 Å². The number of unbranched alkanes of at least 4 members (excludes halogenated alkanes) is 1. The summed E-state index contributed by atoms with van der Waals surface area (Å²) in [7, 11) is 2.09. The Morgan fingerprint density at radius 3 is 2.43 bits per heavy atom. The molecule has 86 valence electrons. The molecule has 0 aliphatic heterocycles. The van der Waals surface area contributed by atoms with Crippen molar-refractivity contribution in [2.75, 3.05) is 32.7 Å². The van der Waals surface area contributed by atoms with Gasteiger partial charge in [-0.2, -0.15) is 0 Å². The third kappa shape index (κ3) is 5.84. The first-order chi connectivity index (χ1) is 6.54. The molecule has 0 N–H and O–H groups in total. The quantitative estimate of drug-likeness (QED) is 0.462. The predicted octanol–water partition coefficient (Wildman–Crippen LogP) is 2.75. The van der Waals surface area contributed by atoms with Crippen LogP contribution in [0.4, 0.5) is 0 Å². The van der Waals surface area contributed by atoms with Crippen molar-refractivity contribution in [1.82, 2.24) is 4.90 Å². The van der Waals surface area contributed by atoms with Crippen LogP contribution >= 0.6 is 11.6 Å². The van der Waals surface area contributed by atoms with E-state index in [0.717, 1.165) is 26.2 Å². The Labute approximate surface area is 93.6 Å². The SMILES string of the molecule is CCCCOCCN(C)C(C)(C)CCl. The summed E-state index contributed by atoms with van der Waals surface area (Å²) in [6.07, 6.45) is 2.35. The molecule has 0 amide bonds. The highest BCUT2D eigenvalue weighted by molar-refractivity contribution is 6.18. The summed E-state index contributed by atoms with van der Waals surface area (Å²) in [5, 5.41) is 0. The molecule has 0 aliphatic carbocycles. The third-order valence-electron chi connectivity index (χ3n) is 2.57. The Kier molecular flexibility index (Phi) is 7.61. The molecule has 0 spiro atoms. The minimum absolute atomic E-state index is 0.0652. The zero-order valence-corrected chi connectivity index (χ0v) is 10.7. The van der Waals surface area contributed by atoms with E-state index in [1.165, 1.54) is 6.42 Å². The van der Waals surface area contributed by atoms with Gasteiger partial charge in [-0.25, -0.2) is 0 Å². The molecule has 0 aliphatic rings. The third-order valence-corrected chi connectivity index (χ3v) is 3.23. The first-order valence-electron chi connectivity index (χ1n) is 5.39. The molecule has 0 radical (unpaired) electrons. The maximum absolute atomic E-state index is 5.87. The number of rotatable bonds is 8. The highest BCUT2D eigenvalue weighted by atomic mass is 35.5. The van der Waals surface area contributed by atoms with Crippen molar-refractivity contribution >= 4 is 11.6 Å². The summed E-state index contributed by atoms with van der Waals surface area (Å²) in [5.41, 5.74) is 0.0652. The summed E-state index contributed by atoms with van der Waals surface area (Å²) in [5.74, 6) is 0.651. The monoisotopic (exact) mass is 221 g/mol. The number of halogens is 1. The predicted molar refractivity (Wildman–Crippen MR) is 63.2 cm³/mol. The number of ether oxygens (including phenoxy) is 1.